The quantitative estimate of drug-likeness (QED) is 0.208. The Hall–Kier alpha value is -3.98. The Morgan fingerprint density at radius 3 is 1.54 bits per heavy atom. The summed E-state index contributed by atoms with van der Waals surface area (Å²) >= 11 is 0. The molecule has 0 aliphatic rings. The molecule has 3 nitrogen and oxygen atoms in total. The minimum absolute atomic E-state index is 1.05. The maximum atomic E-state index is 4.11. The van der Waals surface area contributed by atoms with Gasteiger partial charge in [0.05, 0.1) is 0 Å². The largest absolute Gasteiger partial charge is 0.340 e. The number of rotatable bonds is 9. The SMILES string of the molecule is CCCCCCn1c2ccc(/C=C/c3ccncc3)cc2c2cc(/C=C/c3ccncc3)ccc21. The molecule has 0 unspecified atom stereocenters. The van der Waals surface area contributed by atoms with Gasteiger partial charge in [0.15, 0.2) is 0 Å². The van der Waals surface area contributed by atoms with Gasteiger partial charge in [-0.25, -0.2) is 0 Å². The minimum atomic E-state index is 1.05. The van der Waals surface area contributed by atoms with Gasteiger partial charge in [0.1, 0.15) is 0 Å². The van der Waals surface area contributed by atoms with Crippen LogP contribution in [0.4, 0.5) is 0 Å². The van der Waals surface area contributed by atoms with E-state index in [0.717, 1.165) is 17.7 Å². The fraction of sp³-hybridized carbons (Fsp3) is 0.188. The molecule has 5 aromatic rings. The second-order valence-corrected chi connectivity index (χ2v) is 8.99. The van der Waals surface area contributed by atoms with E-state index in [1.54, 1.807) is 0 Å². The standard InChI is InChI=1S/C32H31N3/c1-2-3-4-5-22-35-31-12-10-27(8-6-25-14-18-33-19-15-25)23-29(31)30-24-28(11-13-32(30)35)9-7-26-16-20-34-21-17-26/h6-21,23-24H,2-5,22H2,1H3/b8-6+,9-7+. The van der Waals surface area contributed by atoms with Crippen LogP contribution >= 0.6 is 0 Å². The van der Waals surface area contributed by atoms with Crippen molar-refractivity contribution in [1.82, 2.24) is 14.5 Å². The van der Waals surface area contributed by atoms with Gasteiger partial charge < -0.3 is 4.57 Å². The first kappa shape index (κ1) is 22.8. The molecule has 5 rings (SSSR count). The molecule has 3 heterocycles. The average Bonchev–Trinajstić information content (AvgIpc) is 3.22. The van der Waals surface area contributed by atoms with Crippen molar-refractivity contribution in [2.45, 2.75) is 39.2 Å². The highest BCUT2D eigenvalue weighted by Gasteiger charge is 2.11. The van der Waals surface area contributed by atoms with Crippen LogP contribution in [0.2, 0.25) is 0 Å². The second-order valence-electron chi connectivity index (χ2n) is 8.99. The van der Waals surface area contributed by atoms with Crippen LogP contribution in [0.25, 0.3) is 46.1 Å². The van der Waals surface area contributed by atoms with Crippen molar-refractivity contribution in [3.05, 3.63) is 108 Å². The maximum Gasteiger partial charge on any atom is 0.0491 e. The summed E-state index contributed by atoms with van der Waals surface area (Å²) < 4.78 is 2.51. The molecule has 0 saturated heterocycles. The Balaban J connectivity index is 1.54. The van der Waals surface area contributed by atoms with Crippen LogP contribution in [0.5, 0.6) is 0 Å². The van der Waals surface area contributed by atoms with E-state index in [2.05, 4.69) is 82.2 Å². The molecule has 0 N–H and O–H groups in total. The van der Waals surface area contributed by atoms with Crippen LogP contribution < -0.4 is 0 Å². The Bertz CT molecular complexity index is 1350. The first-order valence-electron chi connectivity index (χ1n) is 12.5. The van der Waals surface area contributed by atoms with Crippen molar-refractivity contribution >= 4 is 46.1 Å². The van der Waals surface area contributed by atoms with Gasteiger partial charge in [-0.15, -0.1) is 0 Å². The third kappa shape index (κ3) is 5.41. The number of benzene rings is 2. The summed E-state index contributed by atoms with van der Waals surface area (Å²) in [6.45, 7) is 3.32. The number of hydrogen-bond donors (Lipinski definition) is 0. The smallest absolute Gasteiger partial charge is 0.0491 e. The maximum absolute atomic E-state index is 4.11. The lowest BCUT2D eigenvalue weighted by Gasteiger charge is -2.07. The van der Waals surface area contributed by atoms with E-state index in [1.807, 2.05) is 49.1 Å². The van der Waals surface area contributed by atoms with Crippen LogP contribution in [-0.4, -0.2) is 14.5 Å². The zero-order valence-electron chi connectivity index (χ0n) is 20.3. The lowest BCUT2D eigenvalue weighted by molar-refractivity contribution is 0.602. The highest BCUT2D eigenvalue weighted by atomic mass is 15.0. The predicted octanol–water partition coefficient (Wildman–Crippen LogP) is 8.51. The fourth-order valence-electron chi connectivity index (χ4n) is 4.62. The first-order valence-corrected chi connectivity index (χ1v) is 12.5. The second kappa shape index (κ2) is 11.0. The molecular weight excluding hydrogens is 426 g/mol. The Morgan fingerprint density at radius 2 is 1.06 bits per heavy atom. The number of pyridine rings is 2. The van der Waals surface area contributed by atoms with Crippen molar-refractivity contribution in [3.8, 4) is 0 Å². The van der Waals surface area contributed by atoms with Gasteiger partial charge in [-0.3, -0.25) is 9.97 Å². The molecule has 0 aliphatic carbocycles. The molecule has 0 saturated carbocycles. The monoisotopic (exact) mass is 457 g/mol. The Morgan fingerprint density at radius 1 is 0.571 bits per heavy atom. The number of aryl methyl sites for hydroxylation is 1. The lowest BCUT2D eigenvalue weighted by Crippen LogP contribution is -1.97. The number of nitrogens with zero attached hydrogens (tertiary/aromatic N) is 3. The van der Waals surface area contributed by atoms with Crippen LogP contribution in [0, 0.1) is 0 Å². The van der Waals surface area contributed by atoms with Crippen LogP contribution in [-0.2, 0) is 6.54 Å². The van der Waals surface area contributed by atoms with Crippen molar-refractivity contribution in [2.24, 2.45) is 0 Å². The number of fused-ring (bicyclic) bond motifs is 3. The summed E-state index contributed by atoms with van der Waals surface area (Å²) in [5, 5.41) is 2.62. The summed E-state index contributed by atoms with van der Waals surface area (Å²) in [5.74, 6) is 0. The number of hydrogen-bond acceptors (Lipinski definition) is 2. The molecule has 0 radical (unpaired) electrons. The molecule has 3 aromatic heterocycles. The van der Waals surface area contributed by atoms with Gasteiger partial charge in [0.25, 0.3) is 0 Å². The fourth-order valence-corrected chi connectivity index (χ4v) is 4.62. The van der Waals surface area contributed by atoms with Gasteiger partial charge in [0, 0.05) is 53.1 Å². The molecule has 0 atom stereocenters. The minimum Gasteiger partial charge on any atom is -0.340 e. The summed E-state index contributed by atoms with van der Waals surface area (Å²) in [7, 11) is 0. The average molecular weight is 458 g/mol. The first-order chi connectivity index (χ1) is 17.3. The molecule has 0 spiro atoms. The Kier molecular flexibility index (Phi) is 7.14. The van der Waals surface area contributed by atoms with E-state index in [-0.39, 0.29) is 0 Å². The molecule has 2 aromatic carbocycles. The molecule has 0 aliphatic heterocycles. The molecule has 0 bridgehead atoms. The van der Waals surface area contributed by atoms with E-state index in [4.69, 9.17) is 0 Å². The third-order valence-electron chi connectivity index (χ3n) is 6.50. The van der Waals surface area contributed by atoms with Crippen LogP contribution in [0.15, 0.2) is 85.5 Å². The molecule has 0 amide bonds. The zero-order valence-corrected chi connectivity index (χ0v) is 20.3. The van der Waals surface area contributed by atoms with Crippen molar-refractivity contribution in [1.29, 1.82) is 0 Å². The van der Waals surface area contributed by atoms with Crippen molar-refractivity contribution < 1.29 is 0 Å². The van der Waals surface area contributed by atoms with Gasteiger partial charge in [-0.1, -0.05) is 62.6 Å². The summed E-state index contributed by atoms with van der Waals surface area (Å²) in [6.07, 6.45) is 21.0. The van der Waals surface area contributed by atoms with Gasteiger partial charge in [-0.2, -0.15) is 0 Å². The highest BCUT2D eigenvalue weighted by Crippen LogP contribution is 2.32. The van der Waals surface area contributed by atoms with E-state index < -0.39 is 0 Å². The summed E-state index contributed by atoms with van der Waals surface area (Å²) in [5.41, 5.74) is 7.35. The molecule has 3 heteroatoms. The van der Waals surface area contributed by atoms with Crippen molar-refractivity contribution in [2.75, 3.05) is 0 Å². The van der Waals surface area contributed by atoms with E-state index >= 15 is 0 Å². The highest BCUT2D eigenvalue weighted by molar-refractivity contribution is 6.09. The topological polar surface area (TPSA) is 30.7 Å². The number of unbranched alkanes of at least 4 members (excludes halogenated alkanes) is 3. The molecular formula is C32H31N3. The summed E-state index contributed by atoms with van der Waals surface area (Å²) in [6, 6.07) is 21.8. The van der Waals surface area contributed by atoms with E-state index in [1.165, 1.54) is 58.6 Å². The molecule has 35 heavy (non-hydrogen) atoms. The normalized spacial score (nSPS) is 11.9. The van der Waals surface area contributed by atoms with Gasteiger partial charge in [-0.05, 0) is 77.2 Å². The zero-order chi connectivity index (χ0) is 23.9. The van der Waals surface area contributed by atoms with Gasteiger partial charge in [0.2, 0.25) is 0 Å². The van der Waals surface area contributed by atoms with E-state index in [9.17, 15) is 0 Å². The van der Waals surface area contributed by atoms with Gasteiger partial charge >= 0.3 is 0 Å². The summed E-state index contributed by atoms with van der Waals surface area (Å²) in [4.78, 5) is 8.22. The van der Waals surface area contributed by atoms with Crippen LogP contribution in [0.3, 0.4) is 0 Å². The van der Waals surface area contributed by atoms with Crippen LogP contribution in [0.1, 0.15) is 54.9 Å². The van der Waals surface area contributed by atoms with Crippen molar-refractivity contribution in [3.63, 3.8) is 0 Å². The molecule has 0 fully saturated rings. The Labute approximate surface area is 207 Å². The predicted molar refractivity (Wildman–Crippen MR) is 150 cm³/mol. The molecule has 174 valence electrons. The third-order valence-corrected chi connectivity index (χ3v) is 6.50. The number of aromatic nitrogens is 3. The lowest BCUT2D eigenvalue weighted by atomic mass is 10.1. The van der Waals surface area contributed by atoms with E-state index in [0.29, 0.717) is 0 Å².